The summed E-state index contributed by atoms with van der Waals surface area (Å²) < 4.78 is 10.4. The average molecular weight is 407 g/mol. The van der Waals surface area contributed by atoms with Gasteiger partial charge in [0.2, 0.25) is 0 Å². The van der Waals surface area contributed by atoms with Crippen LogP contribution in [-0.2, 0) is 9.53 Å². The van der Waals surface area contributed by atoms with Gasteiger partial charge in [0, 0.05) is 11.1 Å². The Kier molecular flexibility index (Phi) is 7.76. The van der Waals surface area contributed by atoms with Gasteiger partial charge in [0.25, 0.3) is 11.6 Å². The maximum absolute atomic E-state index is 12.0. The maximum Gasteiger partial charge on any atom is 0.338 e. The summed E-state index contributed by atoms with van der Waals surface area (Å²) in [6.45, 7) is 2.05. The monoisotopic (exact) mass is 406 g/mol. The van der Waals surface area contributed by atoms with Crippen molar-refractivity contribution in [3.63, 3.8) is 0 Å². The first-order valence-electron chi connectivity index (χ1n) is 8.54. The highest BCUT2D eigenvalue weighted by molar-refractivity contribution is 6.31. The van der Waals surface area contributed by atoms with Crippen LogP contribution in [0.4, 0.5) is 11.4 Å². The molecule has 0 aliphatic heterocycles. The van der Waals surface area contributed by atoms with Crippen molar-refractivity contribution in [2.45, 2.75) is 19.8 Å². The van der Waals surface area contributed by atoms with Crippen LogP contribution in [0, 0.1) is 10.1 Å². The van der Waals surface area contributed by atoms with Gasteiger partial charge in [0.05, 0.1) is 17.1 Å². The van der Waals surface area contributed by atoms with Crippen LogP contribution in [-0.4, -0.2) is 30.0 Å². The Morgan fingerprint density at radius 2 is 1.89 bits per heavy atom. The van der Waals surface area contributed by atoms with E-state index in [1.807, 2.05) is 0 Å². The first-order valence-corrected chi connectivity index (χ1v) is 8.92. The molecular formula is C19H19ClN2O6. The minimum atomic E-state index is -0.724. The second kappa shape index (κ2) is 10.3. The van der Waals surface area contributed by atoms with Crippen LogP contribution < -0.4 is 10.1 Å². The first-order chi connectivity index (χ1) is 13.4. The molecule has 0 fully saturated rings. The Morgan fingerprint density at radius 3 is 2.54 bits per heavy atom. The Balaban J connectivity index is 1.90. The summed E-state index contributed by atoms with van der Waals surface area (Å²) in [7, 11) is 0. The normalized spacial score (nSPS) is 10.2. The standard InChI is InChI=1S/C19H19ClN2O6/c1-2-3-10-27-15-7-4-13(5-8-15)19(24)28-12-18(23)21-16-11-14(20)6-9-17(16)22(25)26/h4-9,11H,2-3,10,12H2,1H3,(H,21,23). The molecule has 2 aromatic carbocycles. The Labute approximate surface area is 166 Å². The van der Waals surface area contributed by atoms with E-state index in [4.69, 9.17) is 21.1 Å². The molecule has 0 radical (unpaired) electrons. The molecule has 2 rings (SSSR count). The van der Waals surface area contributed by atoms with Crippen molar-refractivity contribution in [3.05, 3.63) is 63.2 Å². The number of carbonyl (C=O) groups is 2. The third-order valence-corrected chi connectivity index (χ3v) is 3.86. The van der Waals surface area contributed by atoms with Crippen molar-refractivity contribution in [1.29, 1.82) is 0 Å². The molecule has 1 amide bonds. The SMILES string of the molecule is CCCCOc1ccc(C(=O)OCC(=O)Nc2cc(Cl)ccc2[N+](=O)[O-])cc1. The number of esters is 1. The van der Waals surface area contributed by atoms with Crippen LogP contribution in [0.5, 0.6) is 5.75 Å². The number of nitrogens with one attached hydrogen (secondary N) is 1. The quantitative estimate of drug-likeness (QED) is 0.289. The van der Waals surface area contributed by atoms with Crippen molar-refractivity contribution < 1.29 is 24.0 Å². The molecule has 0 saturated carbocycles. The summed E-state index contributed by atoms with van der Waals surface area (Å²) in [5.74, 6) is -0.787. The first kappa shape index (κ1) is 21.2. The topological polar surface area (TPSA) is 108 Å². The number of hydrogen-bond acceptors (Lipinski definition) is 6. The fraction of sp³-hybridized carbons (Fsp3) is 0.263. The van der Waals surface area contributed by atoms with Gasteiger partial charge in [0.15, 0.2) is 6.61 Å². The van der Waals surface area contributed by atoms with Crippen molar-refractivity contribution in [2.24, 2.45) is 0 Å². The van der Waals surface area contributed by atoms with Gasteiger partial charge >= 0.3 is 5.97 Å². The number of nitrogens with zero attached hydrogens (tertiary/aromatic N) is 1. The highest BCUT2D eigenvalue weighted by atomic mass is 35.5. The Morgan fingerprint density at radius 1 is 1.18 bits per heavy atom. The second-order valence-electron chi connectivity index (χ2n) is 5.77. The largest absolute Gasteiger partial charge is 0.494 e. The highest BCUT2D eigenvalue weighted by Crippen LogP contribution is 2.27. The molecular weight excluding hydrogens is 388 g/mol. The lowest BCUT2D eigenvalue weighted by Gasteiger charge is -2.08. The van der Waals surface area contributed by atoms with Crippen molar-refractivity contribution >= 4 is 34.9 Å². The number of nitro benzene ring substituents is 1. The molecule has 0 heterocycles. The van der Waals surface area contributed by atoms with E-state index in [-0.39, 0.29) is 22.0 Å². The number of anilines is 1. The van der Waals surface area contributed by atoms with E-state index in [1.165, 1.54) is 30.3 Å². The smallest absolute Gasteiger partial charge is 0.338 e. The zero-order chi connectivity index (χ0) is 20.5. The van der Waals surface area contributed by atoms with Crippen LogP contribution in [0.15, 0.2) is 42.5 Å². The molecule has 0 atom stereocenters. The third kappa shape index (κ3) is 6.24. The van der Waals surface area contributed by atoms with E-state index in [0.717, 1.165) is 12.8 Å². The number of nitro groups is 1. The van der Waals surface area contributed by atoms with Crippen molar-refractivity contribution in [1.82, 2.24) is 0 Å². The van der Waals surface area contributed by atoms with Gasteiger partial charge in [-0.25, -0.2) is 4.79 Å². The maximum atomic E-state index is 12.0. The number of amides is 1. The number of carbonyl (C=O) groups excluding carboxylic acids is 2. The van der Waals surface area contributed by atoms with E-state index in [1.54, 1.807) is 12.1 Å². The minimum absolute atomic E-state index is 0.0767. The third-order valence-electron chi connectivity index (χ3n) is 3.62. The van der Waals surface area contributed by atoms with Gasteiger partial charge in [0.1, 0.15) is 11.4 Å². The number of hydrogen-bond donors (Lipinski definition) is 1. The average Bonchev–Trinajstić information content (AvgIpc) is 2.66. The molecule has 0 aromatic heterocycles. The zero-order valence-corrected chi connectivity index (χ0v) is 15.9. The second-order valence-corrected chi connectivity index (χ2v) is 6.21. The predicted molar refractivity (Wildman–Crippen MR) is 104 cm³/mol. The molecule has 28 heavy (non-hydrogen) atoms. The fourth-order valence-corrected chi connectivity index (χ4v) is 2.36. The number of ether oxygens (including phenoxy) is 2. The Hall–Kier alpha value is -3.13. The van der Waals surface area contributed by atoms with Gasteiger partial charge in [-0.05, 0) is 42.8 Å². The molecule has 0 aliphatic carbocycles. The van der Waals surface area contributed by atoms with Crippen LogP contribution >= 0.6 is 11.6 Å². The van der Waals surface area contributed by atoms with Crippen LogP contribution in [0.2, 0.25) is 5.02 Å². The van der Waals surface area contributed by atoms with E-state index < -0.39 is 23.4 Å². The molecule has 1 N–H and O–H groups in total. The summed E-state index contributed by atoms with van der Waals surface area (Å²) >= 11 is 5.80. The molecule has 2 aromatic rings. The molecule has 0 unspecified atom stereocenters. The van der Waals surface area contributed by atoms with E-state index >= 15 is 0 Å². The molecule has 8 nitrogen and oxygen atoms in total. The molecule has 148 valence electrons. The van der Waals surface area contributed by atoms with E-state index in [9.17, 15) is 19.7 Å². The molecule has 0 bridgehead atoms. The van der Waals surface area contributed by atoms with E-state index in [0.29, 0.717) is 12.4 Å². The van der Waals surface area contributed by atoms with Gasteiger partial charge in [-0.15, -0.1) is 0 Å². The van der Waals surface area contributed by atoms with E-state index in [2.05, 4.69) is 12.2 Å². The summed E-state index contributed by atoms with van der Waals surface area (Å²) in [6.07, 6.45) is 1.95. The summed E-state index contributed by atoms with van der Waals surface area (Å²) in [6, 6.07) is 10.1. The highest BCUT2D eigenvalue weighted by Gasteiger charge is 2.17. The fourth-order valence-electron chi connectivity index (χ4n) is 2.19. The molecule has 9 heteroatoms. The summed E-state index contributed by atoms with van der Waals surface area (Å²) in [5, 5.41) is 13.5. The van der Waals surface area contributed by atoms with Crippen LogP contribution in [0.1, 0.15) is 30.1 Å². The molecule has 0 aliphatic rings. The number of halogens is 1. The number of benzene rings is 2. The number of rotatable bonds is 9. The van der Waals surface area contributed by atoms with Gasteiger partial charge < -0.3 is 14.8 Å². The minimum Gasteiger partial charge on any atom is -0.494 e. The summed E-state index contributed by atoms with van der Waals surface area (Å²) in [5.41, 5.74) is -0.140. The van der Waals surface area contributed by atoms with Gasteiger partial charge in [-0.3, -0.25) is 14.9 Å². The van der Waals surface area contributed by atoms with Crippen molar-refractivity contribution in [2.75, 3.05) is 18.5 Å². The molecule has 0 spiro atoms. The number of unbranched alkanes of at least 4 members (excludes halogenated alkanes) is 1. The van der Waals surface area contributed by atoms with Crippen LogP contribution in [0.3, 0.4) is 0 Å². The Bertz CT molecular complexity index is 854. The van der Waals surface area contributed by atoms with Gasteiger partial charge in [-0.1, -0.05) is 24.9 Å². The lowest BCUT2D eigenvalue weighted by atomic mass is 10.2. The predicted octanol–water partition coefficient (Wildman–Crippen LogP) is 4.22. The van der Waals surface area contributed by atoms with Crippen molar-refractivity contribution in [3.8, 4) is 5.75 Å². The summed E-state index contributed by atoms with van der Waals surface area (Å²) in [4.78, 5) is 34.3. The van der Waals surface area contributed by atoms with Gasteiger partial charge in [-0.2, -0.15) is 0 Å². The lowest BCUT2D eigenvalue weighted by molar-refractivity contribution is -0.383. The van der Waals surface area contributed by atoms with Crippen LogP contribution in [0.25, 0.3) is 0 Å². The lowest BCUT2D eigenvalue weighted by Crippen LogP contribution is -2.21. The molecule has 0 saturated heterocycles. The zero-order valence-electron chi connectivity index (χ0n) is 15.1.